The molecule has 0 aromatic heterocycles. The number of benzene rings is 3. The van der Waals surface area contributed by atoms with Gasteiger partial charge in [-0.25, -0.2) is 4.21 Å². The van der Waals surface area contributed by atoms with E-state index in [4.69, 9.17) is 4.18 Å². The molecule has 0 aliphatic carbocycles. The summed E-state index contributed by atoms with van der Waals surface area (Å²) in [7, 11) is -2.53. The van der Waals surface area contributed by atoms with Gasteiger partial charge in [0, 0.05) is 0 Å². The van der Waals surface area contributed by atoms with E-state index in [9.17, 15) is 4.21 Å². The van der Waals surface area contributed by atoms with Gasteiger partial charge in [0.25, 0.3) is 0 Å². The van der Waals surface area contributed by atoms with Crippen molar-refractivity contribution in [3.63, 3.8) is 0 Å². The van der Waals surface area contributed by atoms with Crippen LogP contribution in [0.4, 0.5) is 0 Å². The van der Waals surface area contributed by atoms with Crippen molar-refractivity contribution >= 4 is 58.0 Å². The first-order valence-electron chi connectivity index (χ1n) is 6.90. The molecule has 0 amide bonds. The average molecular weight is 350 g/mol. The van der Waals surface area contributed by atoms with Crippen LogP contribution in [-0.4, -0.2) is 33.8 Å². The molecule has 112 valence electrons. The zero-order valence-corrected chi connectivity index (χ0v) is 13.5. The molecular weight excluding hydrogens is 334 g/mol. The van der Waals surface area contributed by atoms with Gasteiger partial charge in [-0.3, -0.25) is 0 Å². The Morgan fingerprint density at radius 3 is 1.48 bits per heavy atom. The van der Waals surface area contributed by atoms with Crippen LogP contribution in [0, 0.1) is 0 Å². The van der Waals surface area contributed by atoms with E-state index < -0.39 is 17.8 Å². The second-order valence-corrected chi connectivity index (χ2v) is 8.79. The van der Waals surface area contributed by atoms with Gasteiger partial charge in [0.1, 0.15) is 5.75 Å². The number of hydrogen-bond donors (Lipinski definition) is 0. The first-order chi connectivity index (χ1) is 10.8. The molecule has 3 aromatic rings. The van der Waals surface area contributed by atoms with Gasteiger partial charge in [0.15, 0.2) is 0 Å². The Labute approximate surface area is 162 Å². The Bertz CT molecular complexity index is 699. The number of rotatable bonds is 5. The number of para-hydroxylation sites is 1. The number of hydrogen-bond acceptors (Lipinski definition) is 2. The van der Waals surface area contributed by atoms with Crippen molar-refractivity contribution in [3.8, 4) is 5.75 Å². The summed E-state index contributed by atoms with van der Waals surface area (Å²) in [6.45, 7) is 0. The van der Waals surface area contributed by atoms with Gasteiger partial charge < -0.3 is 4.18 Å². The SMILES string of the molecule is O=S(Oc1ccccc1)P(c1ccccc1)c1ccccc1.[NaH]. The van der Waals surface area contributed by atoms with Crippen LogP contribution >= 0.6 is 7.12 Å². The molecule has 3 rings (SSSR count). The maximum absolute atomic E-state index is 12.8. The van der Waals surface area contributed by atoms with E-state index in [1.807, 2.05) is 91.0 Å². The van der Waals surface area contributed by atoms with Gasteiger partial charge in [0.05, 0.1) is 7.12 Å². The van der Waals surface area contributed by atoms with Crippen LogP contribution in [0.3, 0.4) is 0 Å². The molecule has 0 aliphatic rings. The fraction of sp³-hybridized carbons (Fsp3) is 0. The van der Waals surface area contributed by atoms with E-state index in [1.54, 1.807) is 0 Å². The second-order valence-electron chi connectivity index (χ2n) is 4.58. The van der Waals surface area contributed by atoms with Crippen LogP contribution in [0.2, 0.25) is 0 Å². The topological polar surface area (TPSA) is 26.3 Å². The van der Waals surface area contributed by atoms with Crippen molar-refractivity contribution in [1.82, 2.24) is 0 Å². The Morgan fingerprint density at radius 1 is 0.652 bits per heavy atom. The Balaban J connectivity index is 0.00000192. The van der Waals surface area contributed by atoms with Crippen LogP contribution in [-0.2, 0) is 10.7 Å². The Hall–Kier alpha value is -0.960. The standard InChI is InChI=1S/C18H15O2PS.Na.H/c19-22(20-16-10-4-1-5-11-16)21(17-12-6-2-7-13-17)18-14-8-3-9-15-18;;/h1-15H;;. The Kier molecular flexibility index (Phi) is 7.48. The third kappa shape index (κ3) is 5.00. The molecule has 3 aromatic carbocycles. The zero-order valence-electron chi connectivity index (χ0n) is 11.8. The molecule has 0 N–H and O–H groups in total. The molecule has 1 atom stereocenters. The molecule has 0 fully saturated rings. The van der Waals surface area contributed by atoms with Crippen LogP contribution in [0.1, 0.15) is 0 Å². The van der Waals surface area contributed by atoms with Gasteiger partial charge >= 0.3 is 29.6 Å². The van der Waals surface area contributed by atoms with E-state index in [0.717, 1.165) is 10.6 Å². The van der Waals surface area contributed by atoms with Crippen LogP contribution < -0.4 is 14.8 Å². The molecule has 0 aliphatic heterocycles. The van der Waals surface area contributed by atoms with Crippen LogP contribution in [0.15, 0.2) is 91.0 Å². The summed E-state index contributed by atoms with van der Waals surface area (Å²) in [5, 5.41) is 2.08. The second kappa shape index (κ2) is 9.36. The summed E-state index contributed by atoms with van der Waals surface area (Å²) < 4.78 is 18.5. The maximum atomic E-state index is 12.8. The zero-order chi connectivity index (χ0) is 15.2. The summed E-state index contributed by atoms with van der Waals surface area (Å²) in [6, 6.07) is 29.1. The van der Waals surface area contributed by atoms with Crippen molar-refractivity contribution in [2.45, 2.75) is 0 Å². The summed E-state index contributed by atoms with van der Waals surface area (Å²) in [4.78, 5) is 0. The summed E-state index contributed by atoms with van der Waals surface area (Å²) in [6.07, 6.45) is 0. The third-order valence-electron chi connectivity index (χ3n) is 3.04. The predicted octanol–water partition coefficient (Wildman–Crippen LogP) is 3.13. The monoisotopic (exact) mass is 350 g/mol. The van der Waals surface area contributed by atoms with Crippen molar-refractivity contribution in [3.05, 3.63) is 91.0 Å². The molecule has 0 saturated carbocycles. The molecule has 1 unspecified atom stereocenters. The van der Waals surface area contributed by atoms with E-state index in [0.29, 0.717) is 5.75 Å². The normalized spacial score (nSPS) is 11.5. The van der Waals surface area contributed by atoms with Crippen LogP contribution in [0.25, 0.3) is 0 Å². The van der Waals surface area contributed by atoms with Crippen molar-refractivity contribution in [1.29, 1.82) is 0 Å². The van der Waals surface area contributed by atoms with E-state index in [2.05, 4.69) is 0 Å². The third-order valence-corrected chi connectivity index (χ3v) is 7.59. The van der Waals surface area contributed by atoms with Gasteiger partial charge in [-0.15, -0.1) is 0 Å². The molecule has 0 spiro atoms. The minimum absolute atomic E-state index is 0. The molecule has 2 nitrogen and oxygen atoms in total. The fourth-order valence-electron chi connectivity index (χ4n) is 2.04. The first kappa shape index (κ1) is 18.4. The molecule has 23 heavy (non-hydrogen) atoms. The molecule has 0 radical (unpaired) electrons. The van der Waals surface area contributed by atoms with Gasteiger partial charge in [0.2, 0.25) is 10.7 Å². The minimum atomic E-state index is -1.45. The molecule has 0 heterocycles. The molecule has 5 heteroatoms. The van der Waals surface area contributed by atoms with E-state index in [-0.39, 0.29) is 29.6 Å². The summed E-state index contributed by atoms with van der Waals surface area (Å²) >= 11 is 0. The van der Waals surface area contributed by atoms with Gasteiger partial charge in [-0.2, -0.15) is 0 Å². The van der Waals surface area contributed by atoms with E-state index in [1.165, 1.54) is 0 Å². The summed E-state index contributed by atoms with van der Waals surface area (Å²) in [5.41, 5.74) is 0. The first-order valence-corrected chi connectivity index (χ1v) is 9.92. The van der Waals surface area contributed by atoms with Crippen molar-refractivity contribution in [2.24, 2.45) is 0 Å². The fourth-order valence-corrected chi connectivity index (χ4v) is 6.17. The van der Waals surface area contributed by atoms with Gasteiger partial charge in [-0.05, 0) is 22.7 Å². The quantitative estimate of drug-likeness (QED) is 0.522. The predicted molar refractivity (Wildman–Crippen MR) is 101 cm³/mol. The molecule has 0 bridgehead atoms. The van der Waals surface area contributed by atoms with Gasteiger partial charge in [-0.1, -0.05) is 78.9 Å². The van der Waals surface area contributed by atoms with Crippen molar-refractivity contribution < 1.29 is 8.39 Å². The van der Waals surface area contributed by atoms with Crippen molar-refractivity contribution in [2.75, 3.05) is 0 Å². The summed E-state index contributed by atoms with van der Waals surface area (Å²) in [5.74, 6) is 0.625. The Morgan fingerprint density at radius 2 is 1.04 bits per heavy atom. The van der Waals surface area contributed by atoms with Crippen LogP contribution in [0.5, 0.6) is 5.75 Å². The molecule has 0 saturated heterocycles. The molecular formula is C18H16NaO2PS. The van der Waals surface area contributed by atoms with E-state index >= 15 is 0 Å². The average Bonchev–Trinajstić information content (AvgIpc) is 2.58.